The second kappa shape index (κ2) is 8.88. The molecule has 3 rings (SSSR count). The van der Waals surface area contributed by atoms with Crippen molar-refractivity contribution >= 4 is 40.6 Å². The predicted octanol–water partition coefficient (Wildman–Crippen LogP) is 3.93. The van der Waals surface area contributed by atoms with Crippen molar-refractivity contribution in [2.24, 2.45) is 0 Å². The summed E-state index contributed by atoms with van der Waals surface area (Å²) >= 11 is 7.43. The van der Waals surface area contributed by atoms with Crippen molar-refractivity contribution in [1.29, 1.82) is 0 Å². The summed E-state index contributed by atoms with van der Waals surface area (Å²) in [5.74, 6) is -0.661. The van der Waals surface area contributed by atoms with E-state index in [2.05, 4.69) is 5.32 Å². The lowest BCUT2D eigenvalue weighted by molar-refractivity contribution is -0.153. The molecule has 1 N–H and O–H groups in total. The van der Waals surface area contributed by atoms with Crippen LogP contribution in [0.4, 0.5) is 0 Å². The second-order valence-corrected chi connectivity index (χ2v) is 8.55. The molecule has 1 heterocycles. The second-order valence-electron chi connectivity index (χ2n) is 6.94. The van der Waals surface area contributed by atoms with Crippen molar-refractivity contribution < 1.29 is 19.1 Å². The molecular formula is C21H22ClNO4S. The molecule has 7 heteroatoms. The van der Waals surface area contributed by atoms with E-state index in [0.717, 1.165) is 16.9 Å². The minimum Gasteiger partial charge on any atom is -0.457 e. The Labute approximate surface area is 173 Å². The van der Waals surface area contributed by atoms with Crippen LogP contribution in [0.25, 0.3) is 0 Å². The highest BCUT2D eigenvalue weighted by atomic mass is 35.5. The van der Waals surface area contributed by atoms with Crippen LogP contribution in [0, 0.1) is 0 Å². The lowest BCUT2D eigenvalue weighted by Crippen LogP contribution is -2.44. The number of carbonyl (C=O) groups excluding carboxylic acids is 3. The molecule has 1 aliphatic carbocycles. The van der Waals surface area contributed by atoms with Crippen LogP contribution in [0.1, 0.15) is 46.3 Å². The Morgan fingerprint density at radius 1 is 1.21 bits per heavy atom. The zero-order valence-corrected chi connectivity index (χ0v) is 17.2. The number of thiophene rings is 1. The maximum absolute atomic E-state index is 12.8. The third kappa shape index (κ3) is 4.62. The molecule has 0 aliphatic heterocycles. The molecule has 1 saturated carbocycles. The summed E-state index contributed by atoms with van der Waals surface area (Å²) in [6, 6.07) is 10.9. The molecule has 28 heavy (non-hydrogen) atoms. The third-order valence-corrected chi connectivity index (χ3v) is 6.41. The molecular weight excluding hydrogens is 398 g/mol. The topological polar surface area (TPSA) is 72.5 Å². The maximum atomic E-state index is 12.8. The summed E-state index contributed by atoms with van der Waals surface area (Å²) in [4.78, 5) is 37.6. The number of amides is 1. The highest BCUT2D eigenvalue weighted by molar-refractivity contribution is 7.14. The number of esters is 1. The third-order valence-electron chi connectivity index (χ3n) is 4.99. The molecule has 0 atom stereocenters. The Balaban J connectivity index is 1.57. The molecule has 5 nitrogen and oxygen atoms in total. The molecule has 1 amide bonds. The van der Waals surface area contributed by atoms with Gasteiger partial charge in [0.1, 0.15) is 0 Å². The largest absolute Gasteiger partial charge is 0.457 e. The standard InChI is InChI=1S/C21H22ClNO4S/c1-14(24)23-11-8-17-6-7-19(28-17)18(25)13-27-20(26)21(9-3-10-21)15-4-2-5-16(22)12-15/h2,4-7,12H,3,8-11,13H2,1H3,(H,23,24). The van der Waals surface area contributed by atoms with Gasteiger partial charge in [0.25, 0.3) is 0 Å². The number of halogens is 1. The summed E-state index contributed by atoms with van der Waals surface area (Å²) in [6.07, 6.45) is 3.01. The Morgan fingerprint density at radius 3 is 2.64 bits per heavy atom. The van der Waals surface area contributed by atoms with Gasteiger partial charge in [-0.3, -0.25) is 14.4 Å². The number of Topliss-reactive ketones (excluding diaryl/α,β-unsaturated/α-hetero) is 1. The minimum absolute atomic E-state index is 0.0793. The highest BCUT2D eigenvalue weighted by Gasteiger charge is 2.47. The van der Waals surface area contributed by atoms with Gasteiger partial charge in [-0.25, -0.2) is 0 Å². The fourth-order valence-corrected chi connectivity index (χ4v) is 4.41. The first kappa shape index (κ1) is 20.6. The number of ketones is 1. The molecule has 2 aromatic rings. The molecule has 0 radical (unpaired) electrons. The van der Waals surface area contributed by atoms with Gasteiger partial charge in [0.2, 0.25) is 11.7 Å². The lowest BCUT2D eigenvalue weighted by Gasteiger charge is -2.39. The quantitative estimate of drug-likeness (QED) is 0.519. The fourth-order valence-electron chi connectivity index (χ4n) is 3.29. The van der Waals surface area contributed by atoms with Gasteiger partial charge < -0.3 is 10.1 Å². The summed E-state index contributed by atoms with van der Waals surface area (Å²) in [6.45, 7) is 1.73. The van der Waals surface area contributed by atoms with Gasteiger partial charge in [0, 0.05) is 23.4 Å². The van der Waals surface area contributed by atoms with E-state index >= 15 is 0 Å². The summed E-state index contributed by atoms with van der Waals surface area (Å²) in [5, 5.41) is 3.31. The van der Waals surface area contributed by atoms with Crippen LogP contribution in [-0.2, 0) is 26.2 Å². The van der Waals surface area contributed by atoms with Crippen LogP contribution >= 0.6 is 22.9 Å². The number of ether oxygens (including phenoxy) is 1. The predicted molar refractivity (Wildman–Crippen MR) is 109 cm³/mol. The molecule has 1 aromatic heterocycles. The first-order valence-electron chi connectivity index (χ1n) is 9.20. The van der Waals surface area contributed by atoms with Crippen molar-refractivity contribution in [3.63, 3.8) is 0 Å². The fraction of sp³-hybridized carbons (Fsp3) is 0.381. The maximum Gasteiger partial charge on any atom is 0.317 e. The Bertz CT molecular complexity index is 888. The van der Waals surface area contributed by atoms with Crippen LogP contribution < -0.4 is 5.32 Å². The number of carbonyl (C=O) groups is 3. The van der Waals surface area contributed by atoms with Crippen molar-refractivity contribution in [3.8, 4) is 0 Å². The number of benzene rings is 1. The van der Waals surface area contributed by atoms with Gasteiger partial charge >= 0.3 is 5.97 Å². The van der Waals surface area contributed by atoms with Crippen LogP contribution in [0.3, 0.4) is 0 Å². The molecule has 1 fully saturated rings. The van der Waals surface area contributed by atoms with Crippen LogP contribution in [0.5, 0.6) is 0 Å². The van der Waals surface area contributed by atoms with Crippen molar-refractivity contribution in [3.05, 3.63) is 56.7 Å². The number of hydrogen-bond acceptors (Lipinski definition) is 5. The van der Waals surface area contributed by atoms with E-state index in [1.807, 2.05) is 18.2 Å². The van der Waals surface area contributed by atoms with Gasteiger partial charge in [0.15, 0.2) is 6.61 Å². The molecule has 0 unspecified atom stereocenters. The van der Waals surface area contributed by atoms with E-state index < -0.39 is 5.41 Å². The Morgan fingerprint density at radius 2 is 2.00 bits per heavy atom. The van der Waals surface area contributed by atoms with E-state index in [1.165, 1.54) is 18.3 Å². The van der Waals surface area contributed by atoms with Gasteiger partial charge in [0.05, 0.1) is 10.3 Å². The smallest absolute Gasteiger partial charge is 0.317 e. The molecule has 1 aliphatic rings. The van der Waals surface area contributed by atoms with E-state index in [1.54, 1.807) is 18.2 Å². The van der Waals surface area contributed by atoms with E-state index in [-0.39, 0.29) is 24.3 Å². The average molecular weight is 420 g/mol. The SMILES string of the molecule is CC(=O)NCCc1ccc(C(=O)COC(=O)C2(c3cccc(Cl)c3)CCC2)s1. The highest BCUT2D eigenvalue weighted by Crippen LogP contribution is 2.45. The zero-order chi connectivity index (χ0) is 20.1. The van der Waals surface area contributed by atoms with Gasteiger partial charge in [-0.05, 0) is 49.1 Å². The summed E-state index contributed by atoms with van der Waals surface area (Å²) < 4.78 is 5.40. The van der Waals surface area contributed by atoms with Crippen molar-refractivity contribution in [2.45, 2.75) is 38.0 Å². The summed E-state index contributed by atoms with van der Waals surface area (Å²) in [5.41, 5.74) is 0.157. The number of hydrogen-bond donors (Lipinski definition) is 1. The zero-order valence-electron chi connectivity index (χ0n) is 15.6. The molecule has 0 saturated heterocycles. The van der Waals surface area contributed by atoms with Crippen molar-refractivity contribution in [2.75, 3.05) is 13.2 Å². The average Bonchev–Trinajstić information content (AvgIpc) is 3.07. The molecule has 1 aromatic carbocycles. The molecule has 148 valence electrons. The van der Waals surface area contributed by atoms with E-state index in [4.69, 9.17) is 16.3 Å². The van der Waals surface area contributed by atoms with Crippen LogP contribution in [0.15, 0.2) is 36.4 Å². The minimum atomic E-state index is -0.690. The molecule has 0 bridgehead atoms. The number of rotatable bonds is 8. The Hall–Kier alpha value is -2.18. The van der Waals surface area contributed by atoms with Gasteiger partial charge in [-0.2, -0.15) is 0 Å². The van der Waals surface area contributed by atoms with E-state index in [9.17, 15) is 14.4 Å². The first-order chi connectivity index (χ1) is 13.4. The Kier molecular flexibility index (Phi) is 6.52. The van der Waals surface area contributed by atoms with Crippen LogP contribution in [-0.4, -0.2) is 30.8 Å². The van der Waals surface area contributed by atoms with E-state index in [0.29, 0.717) is 35.7 Å². The first-order valence-corrected chi connectivity index (χ1v) is 10.4. The normalized spacial score (nSPS) is 14.8. The van der Waals surface area contributed by atoms with Gasteiger partial charge in [-0.1, -0.05) is 30.2 Å². The van der Waals surface area contributed by atoms with Crippen LogP contribution in [0.2, 0.25) is 5.02 Å². The monoisotopic (exact) mass is 419 g/mol. The lowest BCUT2D eigenvalue weighted by atomic mass is 9.64. The summed E-state index contributed by atoms with van der Waals surface area (Å²) in [7, 11) is 0. The molecule has 0 spiro atoms. The van der Waals surface area contributed by atoms with Gasteiger partial charge in [-0.15, -0.1) is 11.3 Å². The number of nitrogens with one attached hydrogen (secondary N) is 1. The van der Waals surface area contributed by atoms with Crippen molar-refractivity contribution in [1.82, 2.24) is 5.32 Å².